The number of methoxy groups -OCH3 is 1. The van der Waals surface area contributed by atoms with E-state index in [1.807, 2.05) is 20.8 Å². The maximum atomic E-state index is 13.0. The minimum Gasteiger partial charge on any atom is -0.468 e. The first-order chi connectivity index (χ1) is 9.80. The van der Waals surface area contributed by atoms with Gasteiger partial charge in [-0.25, -0.2) is 0 Å². The first-order valence-corrected chi connectivity index (χ1v) is 7.57. The van der Waals surface area contributed by atoms with E-state index in [9.17, 15) is 9.59 Å². The fraction of sp³-hybridized carbons (Fsp3) is 0.867. The average molecular weight is 298 g/mol. The van der Waals surface area contributed by atoms with Crippen LogP contribution in [0.3, 0.4) is 0 Å². The lowest BCUT2D eigenvalue weighted by molar-refractivity contribution is -0.185. The third-order valence-electron chi connectivity index (χ3n) is 5.14. The molecule has 1 aliphatic heterocycles. The number of ether oxygens (including phenoxy) is 2. The Bertz CT molecular complexity index is 437. The van der Waals surface area contributed by atoms with Gasteiger partial charge in [0.05, 0.1) is 13.2 Å². The van der Waals surface area contributed by atoms with Crippen LogP contribution < -0.4 is 5.73 Å². The van der Waals surface area contributed by atoms with E-state index < -0.39 is 16.9 Å². The molecule has 6 heteroatoms. The van der Waals surface area contributed by atoms with Crippen molar-refractivity contribution in [3.63, 3.8) is 0 Å². The van der Waals surface area contributed by atoms with E-state index >= 15 is 0 Å². The number of esters is 1. The fourth-order valence-electron chi connectivity index (χ4n) is 3.82. The van der Waals surface area contributed by atoms with E-state index in [1.165, 1.54) is 12.0 Å². The van der Waals surface area contributed by atoms with Gasteiger partial charge < -0.3 is 20.1 Å². The van der Waals surface area contributed by atoms with Crippen LogP contribution in [0, 0.1) is 11.3 Å². The summed E-state index contributed by atoms with van der Waals surface area (Å²) in [4.78, 5) is 26.1. The van der Waals surface area contributed by atoms with Gasteiger partial charge in [0.2, 0.25) is 5.91 Å². The number of rotatable bonds is 5. The molecule has 1 aliphatic carbocycles. The monoisotopic (exact) mass is 298 g/mol. The van der Waals surface area contributed by atoms with Gasteiger partial charge in [-0.2, -0.15) is 0 Å². The van der Waals surface area contributed by atoms with Crippen LogP contribution in [0.5, 0.6) is 0 Å². The Kier molecular flexibility index (Phi) is 4.31. The van der Waals surface area contributed by atoms with E-state index in [1.54, 1.807) is 0 Å². The highest BCUT2D eigenvalue weighted by Gasteiger charge is 2.71. The molecule has 6 nitrogen and oxygen atoms in total. The van der Waals surface area contributed by atoms with Gasteiger partial charge in [-0.3, -0.25) is 9.59 Å². The maximum absolute atomic E-state index is 13.0. The lowest BCUT2D eigenvalue weighted by atomic mass is 9.47. The Morgan fingerprint density at radius 2 is 2.10 bits per heavy atom. The van der Waals surface area contributed by atoms with Crippen molar-refractivity contribution in [1.82, 2.24) is 4.90 Å². The van der Waals surface area contributed by atoms with Gasteiger partial charge >= 0.3 is 5.97 Å². The lowest BCUT2D eigenvalue weighted by Gasteiger charge is -2.61. The molecular formula is C15H26N2O4. The minimum atomic E-state index is -0.961. The fourth-order valence-corrected chi connectivity index (χ4v) is 3.82. The molecule has 2 fully saturated rings. The quantitative estimate of drug-likeness (QED) is 0.749. The predicted octanol–water partition coefficient (Wildman–Crippen LogP) is 0.540. The SMILES string of the molecule is CCCN(CC(=O)OC)C(=O)C1(N)C2CCOC2C1(C)C. The Morgan fingerprint density at radius 1 is 1.43 bits per heavy atom. The third-order valence-corrected chi connectivity index (χ3v) is 5.14. The molecule has 1 saturated heterocycles. The average Bonchev–Trinajstić information content (AvgIpc) is 2.93. The molecule has 120 valence electrons. The summed E-state index contributed by atoms with van der Waals surface area (Å²) in [7, 11) is 1.32. The molecule has 0 aromatic rings. The smallest absolute Gasteiger partial charge is 0.325 e. The summed E-state index contributed by atoms with van der Waals surface area (Å²) in [5, 5.41) is 0. The molecule has 3 atom stereocenters. The zero-order chi connectivity index (χ0) is 15.8. The number of fused-ring (bicyclic) bond motifs is 1. The molecule has 1 amide bonds. The number of amides is 1. The molecule has 2 aliphatic rings. The summed E-state index contributed by atoms with van der Waals surface area (Å²) in [5.74, 6) is -0.541. The van der Waals surface area contributed by atoms with Gasteiger partial charge in [0.1, 0.15) is 12.1 Å². The second kappa shape index (κ2) is 5.57. The number of carbonyl (C=O) groups is 2. The number of nitrogens with zero attached hydrogens (tertiary/aromatic N) is 1. The van der Waals surface area contributed by atoms with Crippen molar-refractivity contribution < 1.29 is 19.1 Å². The van der Waals surface area contributed by atoms with Crippen molar-refractivity contribution in [3.8, 4) is 0 Å². The van der Waals surface area contributed by atoms with Gasteiger partial charge in [0.15, 0.2) is 0 Å². The summed E-state index contributed by atoms with van der Waals surface area (Å²) in [6, 6.07) is 0. The molecule has 0 bridgehead atoms. The van der Waals surface area contributed by atoms with E-state index in [0.717, 1.165) is 12.8 Å². The highest BCUT2D eigenvalue weighted by atomic mass is 16.5. The number of hydrogen-bond acceptors (Lipinski definition) is 5. The third kappa shape index (κ3) is 2.25. The number of nitrogens with two attached hydrogens (primary N) is 1. The van der Waals surface area contributed by atoms with E-state index in [2.05, 4.69) is 4.74 Å². The Morgan fingerprint density at radius 3 is 2.67 bits per heavy atom. The second-order valence-electron chi connectivity index (χ2n) is 6.58. The van der Waals surface area contributed by atoms with Crippen molar-refractivity contribution in [2.75, 3.05) is 26.8 Å². The minimum absolute atomic E-state index is 0.0352. The van der Waals surface area contributed by atoms with Crippen molar-refractivity contribution in [1.29, 1.82) is 0 Å². The van der Waals surface area contributed by atoms with Gasteiger partial charge in [0, 0.05) is 24.5 Å². The van der Waals surface area contributed by atoms with Crippen LogP contribution in [-0.2, 0) is 19.1 Å². The summed E-state index contributed by atoms with van der Waals surface area (Å²) < 4.78 is 10.4. The van der Waals surface area contributed by atoms with Crippen molar-refractivity contribution in [2.24, 2.45) is 17.1 Å². The van der Waals surface area contributed by atoms with E-state index in [-0.39, 0.29) is 24.5 Å². The Hall–Kier alpha value is -1.14. The first kappa shape index (κ1) is 16.2. The standard InChI is InChI=1S/C15H26N2O4/c1-5-7-17(9-11(18)20-4)13(19)15(16)10-6-8-21-12(10)14(15,2)3/h10,12H,5-9,16H2,1-4H3. The van der Waals surface area contributed by atoms with Crippen LogP contribution >= 0.6 is 0 Å². The van der Waals surface area contributed by atoms with Gasteiger partial charge in [-0.15, -0.1) is 0 Å². The van der Waals surface area contributed by atoms with Gasteiger partial charge in [-0.1, -0.05) is 20.8 Å². The van der Waals surface area contributed by atoms with Crippen molar-refractivity contribution in [3.05, 3.63) is 0 Å². The number of hydrogen-bond donors (Lipinski definition) is 1. The zero-order valence-corrected chi connectivity index (χ0v) is 13.3. The van der Waals surface area contributed by atoms with Gasteiger partial charge in [0.25, 0.3) is 0 Å². The molecule has 1 saturated carbocycles. The Balaban J connectivity index is 2.21. The summed E-state index contributed by atoms with van der Waals surface area (Å²) in [6.45, 7) is 7.01. The van der Waals surface area contributed by atoms with E-state index in [0.29, 0.717) is 13.2 Å². The highest BCUT2D eigenvalue weighted by molar-refractivity contribution is 5.92. The molecule has 2 rings (SSSR count). The van der Waals surface area contributed by atoms with Crippen LogP contribution in [-0.4, -0.2) is 55.2 Å². The largest absolute Gasteiger partial charge is 0.468 e. The van der Waals surface area contributed by atoms with Crippen LogP contribution in [0.15, 0.2) is 0 Å². The van der Waals surface area contributed by atoms with Crippen LogP contribution in [0.25, 0.3) is 0 Å². The molecule has 0 radical (unpaired) electrons. The summed E-state index contributed by atoms with van der Waals surface area (Å²) >= 11 is 0. The molecule has 2 N–H and O–H groups in total. The van der Waals surface area contributed by atoms with Gasteiger partial charge in [-0.05, 0) is 12.8 Å². The second-order valence-corrected chi connectivity index (χ2v) is 6.58. The van der Waals surface area contributed by atoms with Crippen molar-refractivity contribution >= 4 is 11.9 Å². The highest BCUT2D eigenvalue weighted by Crippen LogP contribution is 2.58. The molecule has 3 unspecified atom stereocenters. The van der Waals surface area contributed by atoms with Crippen LogP contribution in [0.2, 0.25) is 0 Å². The molecular weight excluding hydrogens is 272 g/mol. The molecule has 0 spiro atoms. The predicted molar refractivity (Wildman–Crippen MR) is 77.4 cm³/mol. The first-order valence-electron chi connectivity index (χ1n) is 7.57. The Labute approximate surface area is 125 Å². The lowest BCUT2D eigenvalue weighted by Crippen LogP contribution is -2.80. The van der Waals surface area contributed by atoms with E-state index in [4.69, 9.17) is 10.5 Å². The zero-order valence-electron chi connectivity index (χ0n) is 13.3. The summed E-state index contributed by atoms with van der Waals surface area (Å²) in [5.41, 5.74) is 5.15. The van der Waals surface area contributed by atoms with Crippen LogP contribution in [0.4, 0.5) is 0 Å². The maximum Gasteiger partial charge on any atom is 0.325 e. The normalized spacial score (nSPS) is 33.0. The molecule has 1 heterocycles. The molecule has 21 heavy (non-hydrogen) atoms. The van der Waals surface area contributed by atoms with Crippen LogP contribution in [0.1, 0.15) is 33.6 Å². The van der Waals surface area contributed by atoms with Crippen molar-refractivity contribution in [2.45, 2.75) is 45.3 Å². The molecule has 0 aromatic heterocycles. The number of carbonyl (C=O) groups excluding carboxylic acids is 2. The summed E-state index contributed by atoms with van der Waals surface area (Å²) in [6.07, 6.45) is 1.60. The topological polar surface area (TPSA) is 81.9 Å². The molecule has 0 aromatic carbocycles.